The third kappa shape index (κ3) is 4.17. The lowest BCUT2D eigenvalue weighted by Gasteiger charge is -2.07. The lowest BCUT2D eigenvalue weighted by atomic mass is 10.0. The van der Waals surface area contributed by atoms with Gasteiger partial charge in [-0.3, -0.25) is 4.79 Å². The van der Waals surface area contributed by atoms with Crippen molar-refractivity contribution in [3.05, 3.63) is 34.1 Å². The first-order valence-corrected chi connectivity index (χ1v) is 9.39. The number of hydrogen-bond donors (Lipinski definition) is 1. The van der Waals surface area contributed by atoms with Crippen LogP contribution >= 0.6 is 27.3 Å². The zero-order chi connectivity index (χ0) is 15.4. The van der Waals surface area contributed by atoms with E-state index in [9.17, 15) is 4.79 Å². The van der Waals surface area contributed by atoms with Gasteiger partial charge in [-0.05, 0) is 24.5 Å². The molecule has 5 heteroatoms. The topological polar surface area (TPSA) is 42.0 Å². The summed E-state index contributed by atoms with van der Waals surface area (Å²) in [6, 6.07) is 8.03. The van der Waals surface area contributed by atoms with Crippen molar-refractivity contribution in [3.8, 4) is 11.3 Å². The maximum atomic E-state index is 12.0. The summed E-state index contributed by atoms with van der Waals surface area (Å²) in [6.45, 7) is 0. The molecule has 1 aromatic heterocycles. The van der Waals surface area contributed by atoms with Crippen LogP contribution in [0.5, 0.6) is 0 Å². The van der Waals surface area contributed by atoms with Crippen molar-refractivity contribution in [3.63, 3.8) is 0 Å². The molecule has 1 heterocycles. The van der Waals surface area contributed by atoms with Gasteiger partial charge < -0.3 is 5.32 Å². The van der Waals surface area contributed by atoms with Gasteiger partial charge in [0.1, 0.15) is 0 Å². The Kier molecular flexibility index (Phi) is 5.26. The Hall–Kier alpha value is -1.20. The van der Waals surface area contributed by atoms with Crippen molar-refractivity contribution in [1.82, 2.24) is 4.98 Å². The summed E-state index contributed by atoms with van der Waals surface area (Å²) in [6.07, 6.45) is 6.86. The zero-order valence-electron chi connectivity index (χ0n) is 12.3. The fourth-order valence-electron chi connectivity index (χ4n) is 2.90. The number of aromatic nitrogens is 1. The zero-order valence-corrected chi connectivity index (χ0v) is 14.8. The van der Waals surface area contributed by atoms with Gasteiger partial charge in [0.05, 0.1) is 5.69 Å². The van der Waals surface area contributed by atoms with Gasteiger partial charge >= 0.3 is 0 Å². The van der Waals surface area contributed by atoms with Crippen LogP contribution in [0.1, 0.15) is 38.5 Å². The smallest absolute Gasteiger partial charge is 0.226 e. The molecule has 0 bridgehead atoms. The molecule has 3 nitrogen and oxygen atoms in total. The third-order valence-electron chi connectivity index (χ3n) is 4.14. The molecule has 1 aromatic carbocycles. The summed E-state index contributed by atoms with van der Waals surface area (Å²) in [7, 11) is 0. The summed E-state index contributed by atoms with van der Waals surface area (Å²) < 4.78 is 1.05. The standard InChI is InChI=1S/C17H19BrN2OS/c18-14-8-6-13(7-9-14)15-11-22-17(19-15)20-16(21)10-5-12-3-1-2-4-12/h6-9,11-12H,1-5,10H2,(H,19,20,21). The number of amides is 1. The molecule has 116 valence electrons. The van der Waals surface area contributed by atoms with E-state index < -0.39 is 0 Å². The molecule has 0 aliphatic heterocycles. The Morgan fingerprint density at radius 3 is 2.73 bits per heavy atom. The van der Waals surface area contributed by atoms with E-state index in [1.807, 2.05) is 29.6 Å². The first kappa shape index (κ1) is 15.7. The Balaban J connectivity index is 1.54. The predicted octanol–water partition coefficient (Wildman–Crippen LogP) is 5.48. The molecule has 1 fully saturated rings. The maximum absolute atomic E-state index is 12.0. The van der Waals surface area contributed by atoms with Crippen LogP contribution < -0.4 is 5.32 Å². The minimum atomic E-state index is 0.0867. The molecule has 1 amide bonds. The third-order valence-corrected chi connectivity index (χ3v) is 5.43. The van der Waals surface area contributed by atoms with E-state index in [1.165, 1.54) is 37.0 Å². The molecule has 0 spiro atoms. The number of halogens is 1. The minimum Gasteiger partial charge on any atom is -0.302 e. The van der Waals surface area contributed by atoms with Crippen LogP contribution in [0.4, 0.5) is 5.13 Å². The summed E-state index contributed by atoms with van der Waals surface area (Å²) >= 11 is 4.91. The summed E-state index contributed by atoms with van der Waals surface area (Å²) in [5, 5.41) is 5.60. The number of carbonyl (C=O) groups is 1. The molecule has 0 unspecified atom stereocenters. The molecule has 2 aromatic rings. The van der Waals surface area contributed by atoms with Crippen LogP contribution in [0.2, 0.25) is 0 Å². The second-order valence-electron chi connectivity index (χ2n) is 5.78. The molecule has 22 heavy (non-hydrogen) atoms. The largest absolute Gasteiger partial charge is 0.302 e. The highest BCUT2D eigenvalue weighted by molar-refractivity contribution is 9.10. The molecule has 1 N–H and O–H groups in total. The molecule has 3 rings (SSSR count). The number of nitrogens with zero attached hydrogens (tertiary/aromatic N) is 1. The number of anilines is 1. The molecule has 0 radical (unpaired) electrons. The van der Waals surface area contributed by atoms with Crippen molar-refractivity contribution in [2.45, 2.75) is 38.5 Å². The Morgan fingerprint density at radius 1 is 1.27 bits per heavy atom. The Morgan fingerprint density at radius 2 is 2.00 bits per heavy atom. The van der Waals surface area contributed by atoms with Crippen molar-refractivity contribution in [2.24, 2.45) is 5.92 Å². The van der Waals surface area contributed by atoms with E-state index in [4.69, 9.17) is 0 Å². The Bertz CT molecular complexity index is 632. The number of hydrogen-bond acceptors (Lipinski definition) is 3. The van der Waals surface area contributed by atoms with Gasteiger partial charge in [0.25, 0.3) is 0 Å². The Labute approximate surface area is 143 Å². The number of rotatable bonds is 5. The van der Waals surface area contributed by atoms with Crippen LogP contribution in [-0.2, 0) is 4.79 Å². The lowest BCUT2D eigenvalue weighted by molar-refractivity contribution is -0.116. The van der Waals surface area contributed by atoms with E-state index in [0.717, 1.165) is 28.1 Å². The number of carbonyl (C=O) groups excluding carboxylic acids is 1. The molecule has 1 aliphatic carbocycles. The van der Waals surface area contributed by atoms with Crippen LogP contribution in [0.3, 0.4) is 0 Å². The van der Waals surface area contributed by atoms with Crippen molar-refractivity contribution in [1.29, 1.82) is 0 Å². The normalized spacial score (nSPS) is 15.1. The van der Waals surface area contributed by atoms with Crippen LogP contribution in [0, 0.1) is 5.92 Å². The fraction of sp³-hybridized carbons (Fsp3) is 0.412. The minimum absolute atomic E-state index is 0.0867. The number of benzene rings is 1. The maximum Gasteiger partial charge on any atom is 0.226 e. The first-order valence-electron chi connectivity index (χ1n) is 7.72. The van der Waals surface area contributed by atoms with Crippen molar-refractivity contribution >= 4 is 38.3 Å². The van der Waals surface area contributed by atoms with E-state index in [-0.39, 0.29) is 5.91 Å². The van der Waals surface area contributed by atoms with Crippen molar-refractivity contribution in [2.75, 3.05) is 5.32 Å². The first-order chi connectivity index (χ1) is 10.7. The van der Waals surface area contributed by atoms with E-state index in [0.29, 0.717) is 11.6 Å². The average molecular weight is 379 g/mol. The van der Waals surface area contributed by atoms with Gasteiger partial charge in [-0.25, -0.2) is 4.98 Å². The van der Waals surface area contributed by atoms with Gasteiger partial charge in [0.15, 0.2) is 5.13 Å². The highest BCUT2D eigenvalue weighted by Gasteiger charge is 2.16. The fourth-order valence-corrected chi connectivity index (χ4v) is 3.90. The quantitative estimate of drug-likeness (QED) is 0.747. The SMILES string of the molecule is O=C(CCC1CCCC1)Nc1nc(-c2ccc(Br)cc2)cs1. The molecule has 1 saturated carbocycles. The summed E-state index contributed by atoms with van der Waals surface area (Å²) in [5.41, 5.74) is 1.97. The predicted molar refractivity (Wildman–Crippen MR) is 95.1 cm³/mol. The lowest BCUT2D eigenvalue weighted by Crippen LogP contribution is -2.12. The van der Waals surface area contributed by atoms with Crippen LogP contribution in [0.25, 0.3) is 11.3 Å². The number of nitrogens with one attached hydrogen (secondary N) is 1. The van der Waals surface area contributed by atoms with E-state index in [2.05, 4.69) is 26.2 Å². The van der Waals surface area contributed by atoms with Gasteiger partial charge in [0.2, 0.25) is 5.91 Å². The van der Waals surface area contributed by atoms with Gasteiger partial charge in [0, 0.05) is 21.8 Å². The van der Waals surface area contributed by atoms with Gasteiger partial charge in [-0.15, -0.1) is 11.3 Å². The average Bonchev–Trinajstić information content (AvgIpc) is 3.17. The highest BCUT2D eigenvalue weighted by atomic mass is 79.9. The van der Waals surface area contributed by atoms with Crippen LogP contribution in [-0.4, -0.2) is 10.9 Å². The highest BCUT2D eigenvalue weighted by Crippen LogP contribution is 2.29. The second kappa shape index (κ2) is 7.38. The van der Waals surface area contributed by atoms with Gasteiger partial charge in [-0.1, -0.05) is 53.7 Å². The molecular formula is C17H19BrN2OS. The molecule has 0 atom stereocenters. The number of thiazole rings is 1. The summed E-state index contributed by atoms with van der Waals surface area (Å²) in [4.78, 5) is 16.5. The van der Waals surface area contributed by atoms with Crippen LogP contribution in [0.15, 0.2) is 34.1 Å². The van der Waals surface area contributed by atoms with Gasteiger partial charge in [-0.2, -0.15) is 0 Å². The molecule has 0 saturated heterocycles. The molecule has 1 aliphatic rings. The molecular weight excluding hydrogens is 360 g/mol. The van der Waals surface area contributed by atoms with E-state index >= 15 is 0 Å². The van der Waals surface area contributed by atoms with Crippen molar-refractivity contribution < 1.29 is 4.79 Å². The summed E-state index contributed by atoms with van der Waals surface area (Å²) in [5.74, 6) is 0.837. The second-order valence-corrected chi connectivity index (χ2v) is 7.56. The monoisotopic (exact) mass is 378 g/mol. The van der Waals surface area contributed by atoms with E-state index in [1.54, 1.807) is 0 Å².